The third-order valence-corrected chi connectivity index (χ3v) is 7.13. The number of alkyl halides is 1. The van der Waals surface area contributed by atoms with Gasteiger partial charge in [0.1, 0.15) is 10.8 Å². The average molecular weight is 465 g/mol. The summed E-state index contributed by atoms with van der Waals surface area (Å²) < 4.78 is 0. The molecule has 1 heterocycles. The van der Waals surface area contributed by atoms with E-state index in [0.29, 0.717) is 17.4 Å². The number of benzene rings is 3. The van der Waals surface area contributed by atoms with Gasteiger partial charge in [-0.3, -0.25) is 14.5 Å². The van der Waals surface area contributed by atoms with Gasteiger partial charge in [-0.05, 0) is 40.8 Å². The van der Waals surface area contributed by atoms with Crippen molar-refractivity contribution in [2.75, 3.05) is 16.0 Å². The standard InChI is InChI=1S/C26H25ClN2O2S/c1-17(2)21-10-6-7-11-22(21)29-23(30)16-32-26(29)19-12-14-20(15-13-19)28-25(31)24(27)18-8-4-3-5-9-18/h3-15,17,24,26H,16H2,1-2H3,(H,28,31)/t24-,26+/m1/s1. The van der Waals surface area contributed by atoms with E-state index in [-0.39, 0.29) is 17.2 Å². The third kappa shape index (κ3) is 4.69. The molecule has 1 fully saturated rings. The molecule has 3 aromatic carbocycles. The normalized spacial score (nSPS) is 16.9. The highest BCUT2D eigenvalue weighted by molar-refractivity contribution is 8.00. The van der Waals surface area contributed by atoms with Gasteiger partial charge in [0.15, 0.2) is 0 Å². The molecule has 2 atom stereocenters. The Labute approximate surface area is 198 Å². The predicted molar refractivity (Wildman–Crippen MR) is 133 cm³/mol. The summed E-state index contributed by atoms with van der Waals surface area (Å²) in [5.41, 5.74) is 4.56. The Balaban J connectivity index is 1.52. The predicted octanol–water partition coefficient (Wildman–Crippen LogP) is 6.51. The van der Waals surface area contributed by atoms with Crippen molar-refractivity contribution in [1.29, 1.82) is 0 Å². The molecule has 0 aromatic heterocycles. The summed E-state index contributed by atoms with van der Waals surface area (Å²) in [6.45, 7) is 4.27. The van der Waals surface area contributed by atoms with E-state index in [1.807, 2.05) is 77.7 Å². The molecule has 1 aliphatic heterocycles. The third-order valence-electron chi connectivity index (χ3n) is 5.47. The number of anilines is 2. The Morgan fingerprint density at radius 3 is 2.34 bits per heavy atom. The maximum absolute atomic E-state index is 12.8. The van der Waals surface area contributed by atoms with Crippen LogP contribution in [0.1, 0.15) is 47.2 Å². The topological polar surface area (TPSA) is 49.4 Å². The van der Waals surface area contributed by atoms with Crippen LogP contribution in [0.2, 0.25) is 0 Å². The number of nitrogens with one attached hydrogen (secondary N) is 1. The number of hydrogen-bond acceptors (Lipinski definition) is 3. The molecule has 1 saturated heterocycles. The molecule has 2 amide bonds. The quantitative estimate of drug-likeness (QED) is 0.423. The van der Waals surface area contributed by atoms with Gasteiger partial charge in [0.2, 0.25) is 11.8 Å². The highest BCUT2D eigenvalue weighted by Gasteiger charge is 2.35. The van der Waals surface area contributed by atoms with Crippen molar-refractivity contribution in [1.82, 2.24) is 0 Å². The molecule has 6 heteroatoms. The van der Waals surface area contributed by atoms with E-state index in [4.69, 9.17) is 11.6 Å². The average Bonchev–Trinajstić information content (AvgIpc) is 3.20. The largest absolute Gasteiger partial charge is 0.325 e. The van der Waals surface area contributed by atoms with Crippen molar-refractivity contribution in [2.24, 2.45) is 0 Å². The van der Waals surface area contributed by atoms with E-state index in [1.165, 1.54) is 0 Å². The van der Waals surface area contributed by atoms with Crippen LogP contribution in [0.15, 0.2) is 78.9 Å². The van der Waals surface area contributed by atoms with Gasteiger partial charge >= 0.3 is 0 Å². The molecule has 0 unspecified atom stereocenters. The van der Waals surface area contributed by atoms with Crippen molar-refractivity contribution < 1.29 is 9.59 Å². The minimum atomic E-state index is -0.762. The second-order valence-corrected chi connectivity index (χ2v) is 9.53. The number of rotatable bonds is 6. The number of amides is 2. The monoisotopic (exact) mass is 464 g/mol. The number of carbonyl (C=O) groups is 2. The second-order valence-electron chi connectivity index (χ2n) is 8.03. The van der Waals surface area contributed by atoms with Gasteiger partial charge < -0.3 is 5.32 Å². The lowest BCUT2D eigenvalue weighted by Crippen LogP contribution is -2.29. The fraction of sp³-hybridized carbons (Fsp3) is 0.231. The number of nitrogens with zero attached hydrogens (tertiary/aromatic N) is 1. The van der Waals surface area contributed by atoms with Gasteiger partial charge in [0.25, 0.3) is 0 Å². The van der Waals surface area contributed by atoms with Crippen molar-refractivity contribution in [2.45, 2.75) is 30.5 Å². The van der Waals surface area contributed by atoms with E-state index in [0.717, 1.165) is 22.4 Å². The molecule has 164 valence electrons. The van der Waals surface area contributed by atoms with Crippen LogP contribution in [0.3, 0.4) is 0 Å². The van der Waals surface area contributed by atoms with Crippen molar-refractivity contribution >= 4 is 46.6 Å². The van der Waals surface area contributed by atoms with Crippen LogP contribution in [-0.2, 0) is 9.59 Å². The molecule has 0 radical (unpaired) electrons. The summed E-state index contributed by atoms with van der Waals surface area (Å²) in [7, 11) is 0. The summed E-state index contributed by atoms with van der Waals surface area (Å²) in [6, 6.07) is 25.0. The molecule has 0 aliphatic carbocycles. The van der Waals surface area contributed by atoms with Crippen LogP contribution in [0.5, 0.6) is 0 Å². The molecule has 4 rings (SSSR count). The number of halogens is 1. The first-order valence-electron chi connectivity index (χ1n) is 10.6. The minimum absolute atomic E-state index is 0.0998. The molecular formula is C26H25ClN2O2S. The fourth-order valence-corrected chi connectivity index (χ4v) is 5.21. The molecule has 1 aliphatic rings. The smallest absolute Gasteiger partial charge is 0.246 e. The number of hydrogen-bond donors (Lipinski definition) is 1. The fourth-order valence-electron chi connectivity index (χ4n) is 3.84. The molecule has 32 heavy (non-hydrogen) atoms. The van der Waals surface area contributed by atoms with Crippen LogP contribution < -0.4 is 10.2 Å². The van der Waals surface area contributed by atoms with Gasteiger partial charge in [0.05, 0.1) is 5.75 Å². The Morgan fingerprint density at radius 2 is 1.66 bits per heavy atom. The highest BCUT2D eigenvalue weighted by Crippen LogP contribution is 2.44. The van der Waals surface area contributed by atoms with E-state index in [9.17, 15) is 9.59 Å². The maximum Gasteiger partial charge on any atom is 0.246 e. The van der Waals surface area contributed by atoms with Crippen LogP contribution in [0, 0.1) is 0 Å². The molecule has 0 saturated carbocycles. The number of thioether (sulfide) groups is 1. The van der Waals surface area contributed by atoms with Crippen molar-refractivity contribution in [3.05, 3.63) is 95.6 Å². The SMILES string of the molecule is CC(C)c1ccccc1N1C(=O)CS[C@H]1c1ccc(NC(=O)[C@H](Cl)c2ccccc2)cc1. The minimum Gasteiger partial charge on any atom is -0.325 e. The van der Waals surface area contributed by atoms with Crippen molar-refractivity contribution in [3.8, 4) is 0 Å². The molecule has 0 bridgehead atoms. The van der Waals surface area contributed by atoms with E-state index in [2.05, 4.69) is 25.2 Å². The lowest BCUT2D eigenvalue weighted by atomic mass is 10.00. The molecular weight excluding hydrogens is 440 g/mol. The first-order valence-corrected chi connectivity index (χ1v) is 12.1. The Kier molecular flexibility index (Phi) is 6.87. The first kappa shape index (κ1) is 22.4. The van der Waals surface area contributed by atoms with E-state index < -0.39 is 5.38 Å². The van der Waals surface area contributed by atoms with Crippen LogP contribution in [0.4, 0.5) is 11.4 Å². The number of carbonyl (C=O) groups excluding carboxylic acids is 2. The zero-order valence-corrected chi connectivity index (χ0v) is 19.6. The summed E-state index contributed by atoms with van der Waals surface area (Å²) in [5, 5.41) is 2.01. The summed E-state index contributed by atoms with van der Waals surface area (Å²) in [4.78, 5) is 27.2. The Hall–Kier alpha value is -2.76. The van der Waals surface area contributed by atoms with Gasteiger partial charge in [-0.25, -0.2) is 0 Å². The zero-order valence-electron chi connectivity index (χ0n) is 18.0. The molecule has 1 N–H and O–H groups in total. The highest BCUT2D eigenvalue weighted by atomic mass is 35.5. The second kappa shape index (κ2) is 9.80. The summed E-state index contributed by atoms with van der Waals surface area (Å²) in [6.07, 6.45) is 0. The molecule has 3 aromatic rings. The van der Waals surface area contributed by atoms with Gasteiger partial charge in [-0.1, -0.05) is 74.5 Å². The molecule has 0 spiro atoms. The lowest BCUT2D eigenvalue weighted by Gasteiger charge is -2.27. The van der Waals surface area contributed by atoms with Crippen LogP contribution >= 0.6 is 23.4 Å². The summed E-state index contributed by atoms with van der Waals surface area (Å²) >= 11 is 7.94. The number of para-hydroxylation sites is 1. The van der Waals surface area contributed by atoms with Crippen LogP contribution in [0.25, 0.3) is 0 Å². The zero-order chi connectivity index (χ0) is 22.7. The van der Waals surface area contributed by atoms with Gasteiger partial charge in [-0.2, -0.15) is 0 Å². The van der Waals surface area contributed by atoms with Crippen molar-refractivity contribution in [3.63, 3.8) is 0 Å². The maximum atomic E-state index is 12.8. The van der Waals surface area contributed by atoms with E-state index in [1.54, 1.807) is 11.8 Å². The molecule has 4 nitrogen and oxygen atoms in total. The summed E-state index contributed by atoms with van der Waals surface area (Å²) in [5.74, 6) is 0.596. The van der Waals surface area contributed by atoms with Crippen LogP contribution in [-0.4, -0.2) is 17.6 Å². The van der Waals surface area contributed by atoms with Gasteiger partial charge in [-0.15, -0.1) is 23.4 Å². The lowest BCUT2D eigenvalue weighted by molar-refractivity contribution is -0.116. The van der Waals surface area contributed by atoms with Gasteiger partial charge in [0, 0.05) is 11.4 Å². The Bertz CT molecular complexity index is 1100. The van der Waals surface area contributed by atoms with E-state index >= 15 is 0 Å². The Morgan fingerprint density at radius 1 is 1.00 bits per heavy atom. The first-order chi connectivity index (χ1) is 15.5.